The minimum absolute atomic E-state index is 0.718. The zero-order chi connectivity index (χ0) is 9.68. The molecule has 13 heavy (non-hydrogen) atoms. The van der Waals surface area contributed by atoms with Crippen molar-refractivity contribution >= 4 is 27.7 Å². The molecule has 0 amide bonds. The van der Waals surface area contributed by atoms with Gasteiger partial charge in [-0.15, -0.1) is 0 Å². The Labute approximate surface area is 94.8 Å². The fourth-order valence-corrected chi connectivity index (χ4v) is 2.81. The van der Waals surface area contributed by atoms with Gasteiger partial charge in [-0.3, -0.25) is 0 Å². The highest BCUT2D eigenvalue weighted by molar-refractivity contribution is 9.09. The van der Waals surface area contributed by atoms with Crippen molar-refractivity contribution in [1.29, 1.82) is 0 Å². The zero-order valence-electron chi connectivity index (χ0n) is 8.63. The van der Waals surface area contributed by atoms with Gasteiger partial charge in [0.15, 0.2) is 0 Å². The number of nitrogens with zero attached hydrogens (tertiary/aromatic N) is 1. The van der Waals surface area contributed by atoms with Gasteiger partial charge in [0.25, 0.3) is 0 Å². The van der Waals surface area contributed by atoms with Crippen LogP contribution in [0, 0.1) is 5.92 Å². The summed E-state index contributed by atoms with van der Waals surface area (Å²) in [5.74, 6) is 2.16. The summed E-state index contributed by atoms with van der Waals surface area (Å²) in [5, 5.41) is 0. The van der Waals surface area contributed by atoms with Crippen LogP contribution in [0.1, 0.15) is 19.8 Å². The molecular weight excluding hydrogens is 246 g/mol. The van der Waals surface area contributed by atoms with E-state index < -0.39 is 0 Å². The lowest BCUT2D eigenvalue weighted by Crippen LogP contribution is -2.40. The monoisotopic (exact) mass is 265 g/mol. The molecular formula is C10H20BrNS. The van der Waals surface area contributed by atoms with Crippen molar-refractivity contribution in [3.05, 3.63) is 0 Å². The zero-order valence-corrected chi connectivity index (χ0v) is 11.0. The molecule has 2 unspecified atom stereocenters. The van der Waals surface area contributed by atoms with Crippen molar-refractivity contribution < 1.29 is 0 Å². The predicted octanol–water partition coefficient (Wildman–Crippen LogP) is 2.84. The largest absolute Gasteiger partial charge is 0.302 e. The van der Waals surface area contributed by atoms with Gasteiger partial charge in [-0.1, -0.05) is 22.9 Å². The maximum absolute atomic E-state index is 3.76. The van der Waals surface area contributed by atoms with Crippen molar-refractivity contribution in [3.8, 4) is 0 Å². The summed E-state index contributed by atoms with van der Waals surface area (Å²) in [6, 6.07) is 0. The van der Waals surface area contributed by atoms with Crippen LogP contribution in [-0.2, 0) is 0 Å². The second-order valence-electron chi connectivity index (χ2n) is 3.93. The number of hydrogen-bond acceptors (Lipinski definition) is 2. The van der Waals surface area contributed by atoms with Gasteiger partial charge < -0.3 is 4.90 Å². The number of thioether (sulfide) groups is 1. The van der Waals surface area contributed by atoms with E-state index in [1.165, 1.54) is 38.2 Å². The van der Waals surface area contributed by atoms with E-state index in [9.17, 15) is 0 Å². The molecule has 1 heterocycles. The van der Waals surface area contributed by atoms with Gasteiger partial charge in [0.2, 0.25) is 0 Å². The maximum atomic E-state index is 3.76. The molecule has 0 bridgehead atoms. The standard InChI is InChI=1S/C10H20BrNS/c1-9-4-6-12(8-10(9)11)5-3-7-13-2/h9-10H,3-8H2,1-2H3. The predicted molar refractivity (Wildman–Crippen MR) is 65.9 cm³/mol. The van der Waals surface area contributed by atoms with E-state index in [1.54, 1.807) is 0 Å². The Hall–Kier alpha value is 0.790. The van der Waals surface area contributed by atoms with Crippen molar-refractivity contribution in [2.45, 2.75) is 24.6 Å². The molecule has 0 saturated carbocycles. The van der Waals surface area contributed by atoms with Gasteiger partial charge in [-0.25, -0.2) is 0 Å². The molecule has 3 heteroatoms. The van der Waals surface area contributed by atoms with Crippen molar-refractivity contribution in [2.75, 3.05) is 31.6 Å². The Morgan fingerprint density at radius 3 is 2.92 bits per heavy atom. The highest BCUT2D eigenvalue weighted by Gasteiger charge is 2.23. The molecule has 1 aliphatic rings. The second kappa shape index (κ2) is 6.31. The van der Waals surface area contributed by atoms with Crippen LogP contribution < -0.4 is 0 Å². The molecule has 2 atom stereocenters. The molecule has 0 N–H and O–H groups in total. The molecule has 0 aromatic rings. The van der Waals surface area contributed by atoms with Gasteiger partial charge >= 0.3 is 0 Å². The fourth-order valence-electron chi connectivity index (χ4n) is 1.72. The van der Waals surface area contributed by atoms with E-state index >= 15 is 0 Å². The Balaban J connectivity index is 2.14. The number of alkyl halides is 1. The minimum atomic E-state index is 0.718. The quantitative estimate of drug-likeness (QED) is 0.568. The summed E-state index contributed by atoms with van der Waals surface area (Å²) in [6.07, 6.45) is 4.88. The molecule has 1 saturated heterocycles. The van der Waals surface area contributed by atoms with Crippen LogP contribution in [0.4, 0.5) is 0 Å². The molecule has 1 nitrogen and oxygen atoms in total. The normalized spacial score (nSPS) is 30.7. The first-order valence-electron chi connectivity index (χ1n) is 5.09. The molecule has 0 aromatic heterocycles. The molecule has 78 valence electrons. The smallest absolute Gasteiger partial charge is 0.0299 e. The summed E-state index contributed by atoms with van der Waals surface area (Å²) in [4.78, 5) is 3.31. The summed E-state index contributed by atoms with van der Waals surface area (Å²) in [5.41, 5.74) is 0. The second-order valence-corrected chi connectivity index (χ2v) is 6.09. The molecule has 0 radical (unpaired) electrons. The van der Waals surface area contributed by atoms with Crippen molar-refractivity contribution in [1.82, 2.24) is 4.90 Å². The summed E-state index contributed by atoms with van der Waals surface area (Å²) in [7, 11) is 0. The van der Waals surface area contributed by atoms with E-state index in [4.69, 9.17) is 0 Å². The Morgan fingerprint density at radius 1 is 1.54 bits per heavy atom. The average molecular weight is 266 g/mol. The van der Waals surface area contributed by atoms with E-state index in [-0.39, 0.29) is 0 Å². The first kappa shape index (κ1) is 11.9. The highest BCUT2D eigenvalue weighted by atomic mass is 79.9. The number of hydrogen-bond donors (Lipinski definition) is 0. The first-order valence-corrected chi connectivity index (χ1v) is 7.40. The first-order chi connectivity index (χ1) is 6.24. The molecule has 1 fully saturated rings. The Bertz CT molecular complexity index is 143. The van der Waals surface area contributed by atoms with Crippen LogP contribution in [0.3, 0.4) is 0 Å². The highest BCUT2D eigenvalue weighted by Crippen LogP contribution is 2.23. The lowest BCUT2D eigenvalue weighted by molar-refractivity contribution is 0.202. The third-order valence-electron chi connectivity index (χ3n) is 2.77. The van der Waals surface area contributed by atoms with Gasteiger partial charge in [0, 0.05) is 11.4 Å². The van der Waals surface area contributed by atoms with Crippen LogP contribution >= 0.6 is 27.7 Å². The minimum Gasteiger partial charge on any atom is -0.302 e. The summed E-state index contributed by atoms with van der Waals surface area (Å²) < 4.78 is 0. The SMILES string of the molecule is CSCCCN1CCC(C)C(Br)C1. The summed E-state index contributed by atoms with van der Waals surface area (Å²) in [6.45, 7) is 6.18. The third-order valence-corrected chi connectivity index (χ3v) is 4.66. The molecule has 0 aliphatic carbocycles. The summed E-state index contributed by atoms with van der Waals surface area (Å²) >= 11 is 5.71. The maximum Gasteiger partial charge on any atom is 0.0299 e. The van der Waals surface area contributed by atoms with Gasteiger partial charge in [-0.05, 0) is 43.9 Å². The molecule has 1 rings (SSSR count). The van der Waals surface area contributed by atoms with E-state index in [1.807, 2.05) is 11.8 Å². The van der Waals surface area contributed by atoms with Gasteiger partial charge in [0.1, 0.15) is 0 Å². The van der Waals surface area contributed by atoms with Gasteiger partial charge in [-0.2, -0.15) is 11.8 Å². The lowest BCUT2D eigenvalue weighted by atomic mass is 9.99. The van der Waals surface area contributed by atoms with Crippen LogP contribution in [-0.4, -0.2) is 41.4 Å². The number of rotatable bonds is 4. The molecule has 1 aliphatic heterocycles. The van der Waals surface area contributed by atoms with Crippen LogP contribution in [0.2, 0.25) is 0 Å². The average Bonchev–Trinajstić information content (AvgIpc) is 2.12. The molecule has 0 aromatic carbocycles. The van der Waals surface area contributed by atoms with E-state index in [0.717, 1.165) is 10.7 Å². The fraction of sp³-hybridized carbons (Fsp3) is 1.00. The number of halogens is 1. The Kier molecular flexibility index (Phi) is 5.75. The van der Waals surface area contributed by atoms with Crippen LogP contribution in [0.5, 0.6) is 0 Å². The number of piperidine rings is 1. The Morgan fingerprint density at radius 2 is 2.31 bits per heavy atom. The molecule has 0 spiro atoms. The van der Waals surface area contributed by atoms with E-state index in [2.05, 4.69) is 34.0 Å². The van der Waals surface area contributed by atoms with Crippen LogP contribution in [0.25, 0.3) is 0 Å². The lowest BCUT2D eigenvalue weighted by Gasteiger charge is -2.34. The van der Waals surface area contributed by atoms with Crippen molar-refractivity contribution in [2.24, 2.45) is 5.92 Å². The van der Waals surface area contributed by atoms with Crippen LogP contribution in [0.15, 0.2) is 0 Å². The van der Waals surface area contributed by atoms with Gasteiger partial charge in [0.05, 0.1) is 0 Å². The topological polar surface area (TPSA) is 3.24 Å². The number of likely N-dealkylation sites (tertiary alicyclic amines) is 1. The third kappa shape index (κ3) is 4.22. The van der Waals surface area contributed by atoms with E-state index in [0.29, 0.717) is 0 Å². The van der Waals surface area contributed by atoms with Crippen molar-refractivity contribution in [3.63, 3.8) is 0 Å².